The molecule has 8 fully saturated rings. The number of piperidine rings is 1. The van der Waals surface area contributed by atoms with Crippen LogP contribution < -0.4 is 5.32 Å². The Labute approximate surface area is 305 Å². The van der Waals surface area contributed by atoms with Crippen LogP contribution in [0.4, 0.5) is 0 Å². The van der Waals surface area contributed by atoms with E-state index in [-0.39, 0.29) is 69.4 Å². The molecule has 10 nitrogen and oxygen atoms in total. The van der Waals surface area contributed by atoms with Gasteiger partial charge in [0, 0.05) is 25.4 Å². The number of ether oxygens (including phenoxy) is 4. The lowest BCUT2D eigenvalue weighted by atomic mass is 9.41. The molecule has 8 aliphatic rings. The van der Waals surface area contributed by atoms with E-state index in [4.69, 9.17) is 18.9 Å². The summed E-state index contributed by atoms with van der Waals surface area (Å²) in [6, 6.07) is -0.0813. The first kappa shape index (κ1) is 36.7. The fourth-order valence-corrected chi connectivity index (χ4v) is 14.9. The molecule has 0 aromatic carbocycles. The van der Waals surface area contributed by atoms with E-state index in [1.54, 1.807) is 13.8 Å². The summed E-state index contributed by atoms with van der Waals surface area (Å²) in [6.45, 7) is 19.5. The van der Waals surface area contributed by atoms with Crippen LogP contribution in [0.3, 0.4) is 0 Å². The number of morpholine rings is 1. The molecule has 3 aliphatic heterocycles. The minimum absolute atomic E-state index is 0.0157. The number of carbonyl (C=O) groups excluding carboxylic acids is 2. The third-order valence-electron chi connectivity index (χ3n) is 17.2. The van der Waals surface area contributed by atoms with Crippen molar-refractivity contribution in [1.82, 2.24) is 10.2 Å². The van der Waals surface area contributed by atoms with Gasteiger partial charge in [-0.3, -0.25) is 14.5 Å². The number of amides is 1. The Morgan fingerprint density at radius 3 is 2.49 bits per heavy atom. The standard InChI is InChI=1S/C41H66N2O8/c1-23-20-26(34(37(5,6)47)49-24(2)44)50-32-31(23)38(7)15-16-41-22-40(41)14-13-29(36(3,4)27(40)11-12-28(41)39(38,8)33(32)45)51-30-21-43(18-19-48-30)25-10-9-17-42-35(25)46/h23,25-34,45,47H,9-22H2,1-8H3,(H,42,46). The highest BCUT2D eigenvalue weighted by molar-refractivity contribution is 5.82. The highest BCUT2D eigenvalue weighted by atomic mass is 16.7. The van der Waals surface area contributed by atoms with Crippen LogP contribution in [0.1, 0.15) is 120 Å². The van der Waals surface area contributed by atoms with E-state index in [0.717, 1.165) is 58.0 Å². The zero-order valence-corrected chi connectivity index (χ0v) is 32.5. The van der Waals surface area contributed by atoms with E-state index in [2.05, 4.69) is 44.8 Å². The summed E-state index contributed by atoms with van der Waals surface area (Å²) in [5.74, 6) is 1.14. The first-order valence-corrected chi connectivity index (χ1v) is 20.4. The van der Waals surface area contributed by atoms with E-state index in [9.17, 15) is 19.8 Å². The van der Waals surface area contributed by atoms with Gasteiger partial charge in [-0.05, 0) is 123 Å². The molecular weight excluding hydrogens is 648 g/mol. The van der Waals surface area contributed by atoms with E-state index in [1.807, 2.05) is 0 Å². The van der Waals surface area contributed by atoms with E-state index >= 15 is 0 Å². The van der Waals surface area contributed by atoms with Crippen molar-refractivity contribution in [3.8, 4) is 0 Å². The monoisotopic (exact) mass is 714 g/mol. The summed E-state index contributed by atoms with van der Waals surface area (Å²) < 4.78 is 25.7. The number of nitrogens with zero attached hydrogens (tertiary/aromatic N) is 1. The van der Waals surface area contributed by atoms with E-state index < -0.39 is 29.9 Å². The molecule has 2 spiro atoms. The second kappa shape index (κ2) is 12.1. The smallest absolute Gasteiger partial charge is 0.303 e. The number of esters is 1. The molecular formula is C41H66N2O8. The van der Waals surface area contributed by atoms with Gasteiger partial charge in [-0.25, -0.2) is 0 Å². The van der Waals surface area contributed by atoms with Crippen LogP contribution in [-0.2, 0) is 28.5 Å². The molecule has 51 heavy (non-hydrogen) atoms. The molecule has 3 heterocycles. The second-order valence-electron chi connectivity index (χ2n) is 20.1. The molecule has 0 aromatic rings. The number of rotatable bonds is 6. The zero-order valence-electron chi connectivity index (χ0n) is 32.5. The maximum Gasteiger partial charge on any atom is 0.303 e. The van der Waals surface area contributed by atoms with Crippen molar-refractivity contribution in [3.05, 3.63) is 0 Å². The van der Waals surface area contributed by atoms with Crippen LogP contribution in [0, 0.1) is 50.7 Å². The Morgan fingerprint density at radius 2 is 1.78 bits per heavy atom. The second-order valence-corrected chi connectivity index (χ2v) is 20.1. The van der Waals surface area contributed by atoms with Crippen molar-refractivity contribution in [2.45, 2.75) is 168 Å². The number of aliphatic hydroxyl groups excluding tert-OH is 1. The Kier molecular flexibility index (Phi) is 8.70. The Morgan fingerprint density at radius 1 is 1.06 bits per heavy atom. The Hall–Kier alpha value is -1.30. The minimum atomic E-state index is -1.26. The fourth-order valence-electron chi connectivity index (χ4n) is 14.9. The van der Waals surface area contributed by atoms with Crippen LogP contribution in [0.5, 0.6) is 0 Å². The molecule has 0 bridgehead atoms. The maximum atomic E-state index is 12.7. The Balaban J connectivity index is 1.01. The highest BCUT2D eigenvalue weighted by Crippen LogP contribution is 2.89. The summed E-state index contributed by atoms with van der Waals surface area (Å²) in [6.07, 6.45) is 8.10. The number of nitrogens with one attached hydrogen (secondary N) is 1. The molecule has 5 saturated carbocycles. The third kappa shape index (κ3) is 5.14. The zero-order chi connectivity index (χ0) is 36.5. The first-order chi connectivity index (χ1) is 23.9. The molecule has 15 unspecified atom stereocenters. The summed E-state index contributed by atoms with van der Waals surface area (Å²) in [5.41, 5.74) is -1.16. The van der Waals surface area contributed by atoms with Crippen molar-refractivity contribution >= 4 is 11.9 Å². The number of fused-ring (bicyclic) bond motifs is 4. The van der Waals surface area contributed by atoms with Crippen LogP contribution in [0.25, 0.3) is 0 Å². The van der Waals surface area contributed by atoms with Gasteiger partial charge < -0.3 is 34.5 Å². The average molecular weight is 715 g/mol. The number of hydrogen-bond donors (Lipinski definition) is 3. The molecule has 0 radical (unpaired) electrons. The molecule has 3 saturated heterocycles. The Bertz CT molecular complexity index is 1400. The van der Waals surface area contributed by atoms with Crippen molar-refractivity contribution in [2.75, 3.05) is 26.2 Å². The number of carbonyl (C=O) groups is 2. The maximum absolute atomic E-state index is 12.7. The van der Waals surface area contributed by atoms with E-state index in [0.29, 0.717) is 31.4 Å². The molecule has 288 valence electrons. The third-order valence-corrected chi connectivity index (χ3v) is 17.2. The average Bonchev–Trinajstić information content (AvgIpc) is 3.69. The van der Waals surface area contributed by atoms with E-state index in [1.165, 1.54) is 19.8 Å². The minimum Gasteiger partial charge on any atom is -0.457 e. The summed E-state index contributed by atoms with van der Waals surface area (Å²) in [7, 11) is 0. The summed E-state index contributed by atoms with van der Waals surface area (Å²) in [5, 5.41) is 26.7. The predicted octanol–water partition coefficient (Wildman–Crippen LogP) is 4.82. The fraction of sp³-hybridized carbons (Fsp3) is 0.951. The summed E-state index contributed by atoms with van der Waals surface area (Å²) >= 11 is 0. The van der Waals surface area contributed by atoms with Gasteiger partial charge in [0.2, 0.25) is 5.91 Å². The SMILES string of the molecule is CC(=O)OC(C1CC(C)C2C(O1)C(O)C1(C)C3CCC4C(C)(C)C(OC5CN(C6CCCNC6=O)CCO5)CCC45CC35CCC21C)C(C)(C)O. The molecule has 10 heteroatoms. The van der Waals surface area contributed by atoms with Crippen molar-refractivity contribution in [1.29, 1.82) is 0 Å². The van der Waals surface area contributed by atoms with Crippen LogP contribution >= 0.6 is 0 Å². The van der Waals surface area contributed by atoms with Crippen LogP contribution in [0.15, 0.2) is 0 Å². The van der Waals surface area contributed by atoms with Crippen molar-refractivity contribution < 1.29 is 38.7 Å². The molecule has 5 aliphatic carbocycles. The lowest BCUT2D eigenvalue weighted by Gasteiger charge is -2.64. The van der Waals surface area contributed by atoms with Gasteiger partial charge in [-0.1, -0.05) is 34.6 Å². The highest BCUT2D eigenvalue weighted by Gasteiger charge is 2.84. The van der Waals surface area contributed by atoms with Gasteiger partial charge in [-0.15, -0.1) is 0 Å². The number of aliphatic hydroxyl groups is 2. The van der Waals surface area contributed by atoms with Crippen LogP contribution in [-0.4, -0.2) is 102 Å². The normalized spacial score (nSPS) is 51.1. The van der Waals surface area contributed by atoms with Gasteiger partial charge >= 0.3 is 5.97 Å². The van der Waals surface area contributed by atoms with Gasteiger partial charge in [0.25, 0.3) is 0 Å². The topological polar surface area (TPSA) is 127 Å². The van der Waals surface area contributed by atoms with Crippen LogP contribution in [0.2, 0.25) is 0 Å². The molecule has 15 atom stereocenters. The number of hydrogen-bond acceptors (Lipinski definition) is 9. The van der Waals surface area contributed by atoms with Crippen molar-refractivity contribution in [2.24, 2.45) is 50.7 Å². The first-order valence-electron chi connectivity index (χ1n) is 20.4. The van der Waals surface area contributed by atoms with Gasteiger partial charge in [0.1, 0.15) is 0 Å². The lowest BCUT2D eigenvalue weighted by molar-refractivity contribution is -0.251. The van der Waals surface area contributed by atoms with Gasteiger partial charge in [-0.2, -0.15) is 0 Å². The lowest BCUT2D eigenvalue weighted by Crippen LogP contribution is -2.60. The largest absolute Gasteiger partial charge is 0.457 e. The van der Waals surface area contributed by atoms with Gasteiger partial charge in [0.15, 0.2) is 12.4 Å². The van der Waals surface area contributed by atoms with Crippen molar-refractivity contribution in [3.63, 3.8) is 0 Å². The molecule has 3 N–H and O–H groups in total. The molecule has 1 amide bonds. The molecule has 0 aromatic heterocycles. The predicted molar refractivity (Wildman–Crippen MR) is 190 cm³/mol. The summed E-state index contributed by atoms with van der Waals surface area (Å²) in [4.78, 5) is 27.1. The molecule has 8 rings (SSSR count). The van der Waals surface area contributed by atoms with Gasteiger partial charge in [0.05, 0.1) is 49.2 Å². The quantitative estimate of drug-likeness (QED) is 0.332.